The lowest BCUT2D eigenvalue weighted by Crippen LogP contribution is -2.13. The lowest BCUT2D eigenvalue weighted by molar-refractivity contribution is 0.419. The Morgan fingerprint density at radius 2 is 1.71 bits per heavy atom. The first-order valence-corrected chi connectivity index (χ1v) is 6.68. The van der Waals surface area contributed by atoms with Crippen LogP contribution >= 0.6 is 0 Å². The third kappa shape index (κ3) is 3.44. The minimum atomic E-state index is 1.15. The standard InChI is InChI=1S/C16H23N/c1-17(2)13-12-16(15-10-6-7-11-15)14-8-4-3-5-9-14/h3-5,8-9H,6-7,10-13H2,1-2H3. The van der Waals surface area contributed by atoms with Gasteiger partial charge in [-0.05, 0) is 57.3 Å². The van der Waals surface area contributed by atoms with Crippen LogP contribution in [0.2, 0.25) is 0 Å². The molecule has 0 unspecified atom stereocenters. The fourth-order valence-electron chi connectivity index (χ4n) is 2.60. The van der Waals surface area contributed by atoms with Crippen LogP contribution in [0.1, 0.15) is 37.7 Å². The zero-order valence-electron chi connectivity index (χ0n) is 11.1. The monoisotopic (exact) mass is 229 g/mol. The van der Waals surface area contributed by atoms with Crippen LogP contribution in [0.3, 0.4) is 0 Å². The second kappa shape index (κ2) is 6.02. The van der Waals surface area contributed by atoms with E-state index in [0.29, 0.717) is 0 Å². The van der Waals surface area contributed by atoms with Crippen molar-refractivity contribution in [2.75, 3.05) is 20.6 Å². The maximum Gasteiger partial charge on any atom is 0.00159 e. The molecule has 0 aliphatic heterocycles. The van der Waals surface area contributed by atoms with Crippen LogP contribution in [-0.4, -0.2) is 25.5 Å². The topological polar surface area (TPSA) is 3.24 Å². The zero-order chi connectivity index (χ0) is 12.1. The summed E-state index contributed by atoms with van der Waals surface area (Å²) in [5.41, 5.74) is 4.75. The van der Waals surface area contributed by atoms with E-state index in [9.17, 15) is 0 Å². The molecular weight excluding hydrogens is 206 g/mol. The molecule has 2 rings (SSSR count). The van der Waals surface area contributed by atoms with E-state index in [2.05, 4.69) is 49.3 Å². The molecule has 1 aromatic rings. The van der Waals surface area contributed by atoms with Crippen LogP contribution in [0.25, 0.3) is 5.57 Å². The summed E-state index contributed by atoms with van der Waals surface area (Å²) in [4.78, 5) is 2.28. The fraction of sp³-hybridized carbons (Fsp3) is 0.500. The van der Waals surface area contributed by atoms with Crippen molar-refractivity contribution in [3.63, 3.8) is 0 Å². The van der Waals surface area contributed by atoms with Gasteiger partial charge in [-0.1, -0.05) is 35.9 Å². The van der Waals surface area contributed by atoms with Crippen molar-refractivity contribution < 1.29 is 0 Å². The Hall–Kier alpha value is -1.08. The maximum absolute atomic E-state index is 2.28. The Bertz CT molecular complexity index is 368. The normalized spacial score (nSPS) is 15.6. The van der Waals surface area contributed by atoms with Crippen LogP contribution in [-0.2, 0) is 0 Å². The van der Waals surface area contributed by atoms with E-state index in [0.717, 1.165) is 6.54 Å². The summed E-state index contributed by atoms with van der Waals surface area (Å²) in [6, 6.07) is 10.9. The second-order valence-corrected chi connectivity index (χ2v) is 5.21. The number of rotatable bonds is 4. The van der Waals surface area contributed by atoms with E-state index >= 15 is 0 Å². The van der Waals surface area contributed by atoms with Gasteiger partial charge in [-0.3, -0.25) is 0 Å². The predicted molar refractivity (Wildman–Crippen MR) is 75.0 cm³/mol. The highest BCUT2D eigenvalue weighted by Crippen LogP contribution is 2.33. The number of hydrogen-bond donors (Lipinski definition) is 0. The molecule has 1 aromatic carbocycles. The lowest BCUT2D eigenvalue weighted by atomic mass is 9.96. The third-order valence-electron chi connectivity index (χ3n) is 3.57. The predicted octanol–water partition coefficient (Wildman–Crippen LogP) is 3.97. The smallest absolute Gasteiger partial charge is 0.00159 e. The van der Waals surface area contributed by atoms with Crippen LogP contribution < -0.4 is 0 Å². The van der Waals surface area contributed by atoms with Gasteiger partial charge in [0.25, 0.3) is 0 Å². The van der Waals surface area contributed by atoms with E-state index in [1.165, 1.54) is 37.7 Å². The van der Waals surface area contributed by atoms with Crippen LogP contribution in [0.15, 0.2) is 35.9 Å². The first-order valence-electron chi connectivity index (χ1n) is 6.68. The average Bonchev–Trinajstić information content (AvgIpc) is 2.84. The molecule has 1 aliphatic rings. The van der Waals surface area contributed by atoms with Crippen molar-refractivity contribution in [3.05, 3.63) is 41.5 Å². The van der Waals surface area contributed by atoms with E-state index in [4.69, 9.17) is 0 Å². The summed E-state index contributed by atoms with van der Waals surface area (Å²) in [7, 11) is 4.31. The number of nitrogens with zero attached hydrogens (tertiary/aromatic N) is 1. The Kier molecular flexibility index (Phi) is 4.38. The van der Waals surface area contributed by atoms with Crippen LogP contribution in [0, 0.1) is 0 Å². The van der Waals surface area contributed by atoms with Gasteiger partial charge in [-0.2, -0.15) is 0 Å². The molecule has 0 amide bonds. The molecule has 1 aliphatic carbocycles. The average molecular weight is 229 g/mol. The number of hydrogen-bond acceptors (Lipinski definition) is 1. The minimum absolute atomic E-state index is 1.15. The van der Waals surface area contributed by atoms with E-state index in [1.54, 1.807) is 11.1 Å². The molecule has 0 aromatic heterocycles. The van der Waals surface area contributed by atoms with Crippen molar-refractivity contribution in [2.24, 2.45) is 0 Å². The molecule has 1 fully saturated rings. The summed E-state index contributed by atoms with van der Waals surface area (Å²) in [6.45, 7) is 1.15. The summed E-state index contributed by atoms with van der Waals surface area (Å²) >= 11 is 0. The molecule has 1 nitrogen and oxygen atoms in total. The molecule has 0 radical (unpaired) electrons. The van der Waals surface area contributed by atoms with Gasteiger partial charge in [0, 0.05) is 6.54 Å². The van der Waals surface area contributed by atoms with Crippen molar-refractivity contribution in [1.82, 2.24) is 4.90 Å². The second-order valence-electron chi connectivity index (χ2n) is 5.21. The molecule has 1 heteroatoms. The molecule has 0 atom stereocenters. The highest BCUT2D eigenvalue weighted by atomic mass is 15.0. The Labute approximate surface area is 105 Å². The van der Waals surface area contributed by atoms with Gasteiger partial charge >= 0.3 is 0 Å². The summed E-state index contributed by atoms with van der Waals surface area (Å²) < 4.78 is 0. The first-order chi connectivity index (χ1) is 8.27. The van der Waals surface area contributed by atoms with Gasteiger partial charge in [0.05, 0.1) is 0 Å². The Morgan fingerprint density at radius 1 is 1.06 bits per heavy atom. The van der Waals surface area contributed by atoms with Crippen molar-refractivity contribution >= 4 is 5.57 Å². The quantitative estimate of drug-likeness (QED) is 0.755. The Morgan fingerprint density at radius 3 is 2.29 bits per heavy atom. The van der Waals surface area contributed by atoms with Crippen molar-refractivity contribution in [2.45, 2.75) is 32.1 Å². The third-order valence-corrected chi connectivity index (χ3v) is 3.57. The summed E-state index contributed by atoms with van der Waals surface area (Å²) in [5, 5.41) is 0. The van der Waals surface area contributed by atoms with Gasteiger partial charge in [0.15, 0.2) is 0 Å². The van der Waals surface area contributed by atoms with E-state index < -0.39 is 0 Å². The maximum atomic E-state index is 2.28. The van der Waals surface area contributed by atoms with Gasteiger partial charge < -0.3 is 4.90 Å². The van der Waals surface area contributed by atoms with Crippen molar-refractivity contribution in [3.8, 4) is 0 Å². The van der Waals surface area contributed by atoms with Crippen LogP contribution in [0.4, 0.5) is 0 Å². The number of benzene rings is 1. The molecule has 1 saturated carbocycles. The van der Waals surface area contributed by atoms with Gasteiger partial charge in [-0.15, -0.1) is 0 Å². The highest BCUT2D eigenvalue weighted by Gasteiger charge is 2.13. The first kappa shape index (κ1) is 12.4. The molecule has 0 saturated heterocycles. The lowest BCUT2D eigenvalue weighted by Gasteiger charge is -2.15. The molecule has 0 spiro atoms. The van der Waals surface area contributed by atoms with E-state index in [1.807, 2.05) is 0 Å². The molecule has 0 heterocycles. The zero-order valence-corrected chi connectivity index (χ0v) is 11.1. The Balaban J connectivity index is 2.21. The van der Waals surface area contributed by atoms with Gasteiger partial charge in [0.2, 0.25) is 0 Å². The minimum Gasteiger partial charge on any atom is -0.309 e. The summed E-state index contributed by atoms with van der Waals surface area (Å²) in [6.07, 6.45) is 6.59. The molecule has 0 bridgehead atoms. The molecule has 92 valence electrons. The van der Waals surface area contributed by atoms with Crippen LogP contribution in [0.5, 0.6) is 0 Å². The molecular formula is C16H23N. The fourth-order valence-corrected chi connectivity index (χ4v) is 2.60. The van der Waals surface area contributed by atoms with E-state index in [-0.39, 0.29) is 0 Å². The van der Waals surface area contributed by atoms with Crippen molar-refractivity contribution in [1.29, 1.82) is 0 Å². The number of allylic oxidation sites excluding steroid dienone is 1. The summed E-state index contributed by atoms with van der Waals surface area (Å²) in [5.74, 6) is 0. The largest absolute Gasteiger partial charge is 0.309 e. The molecule has 0 N–H and O–H groups in total. The highest BCUT2D eigenvalue weighted by molar-refractivity contribution is 5.69. The van der Waals surface area contributed by atoms with Gasteiger partial charge in [0.1, 0.15) is 0 Å². The molecule has 17 heavy (non-hydrogen) atoms. The van der Waals surface area contributed by atoms with Gasteiger partial charge in [-0.25, -0.2) is 0 Å². The SMILES string of the molecule is CN(C)CCC(=C1CCCC1)c1ccccc1.